The van der Waals surface area contributed by atoms with Crippen LogP contribution in [-0.2, 0) is 7.05 Å². The molecule has 5 nitrogen and oxygen atoms in total. The number of aromatic nitrogens is 3. The largest absolute Gasteiger partial charge is 0.468 e. The van der Waals surface area contributed by atoms with Gasteiger partial charge in [-0.2, -0.15) is 5.10 Å². The minimum atomic E-state index is 0.241. The summed E-state index contributed by atoms with van der Waals surface area (Å²) in [6.45, 7) is 2.99. The fourth-order valence-corrected chi connectivity index (χ4v) is 2.23. The van der Waals surface area contributed by atoms with Crippen molar-refractivity contribution in [3.8, 4) is 0 Å². The van der Waals surface area contributed by atoms with Gasteiger partial charge in [-0.25, -0.2) is 9.67 Å². The molecule has 2 rings (SSSR count). The molecule has 17 heavy (non-hydrogen) atoms. The number of nitrogens with zero attached hydrogens (tertiary/aromatic N) is 3. The van der Waals surface area contributed by atoms with Crippen LogP contribution in [0, 0.1) is 0 Å². The Morgan fingerprint density at radius 1 is 1.59 bits per heavy atom. The molecule has 0 spiro atoms. The van der Waals surface area contributed by atoms with Gasteiger partial charge in [-0.15, -0.1) is 0 Å². The van der Waals surface area contributed by atoms with Gasteiger partial charge >= 0.3 is 0 Å². The van der Waals surface area contributed by atoms with E-state index in [1.165, 1.54) is 0 Å². The van der Waals surface area contributed by atoms with Crippen molar-refractivity contribution < 1.29 is 4.42 Å². The van der Waals surface area contributed by atoms with Crippen LogP contribution in [0.2, 0.25) is 0 Å². The standard InChI is InChI=1S/C11H16N4OS/c1-9(10-4-3-6-16-10)12-5-7-17-11-13-8-14-15(11)2/h3-4,6,8-9,12H,5,7H2,1-2H3. The van der Waals surface area contributed by atoms with Crippen molar-refractivity contribution >= 4 is 11.8 Å². The zero-order chi connectivity index (χ0) is 12.1. The molecule has 0 bridgehead atoms. The van der Waals surface area contributed by atoms with Gasteiger partial charge in [-0.3, -0.25) is 0 Å². The molecular formula is C11H16N4OS. The first-order chi connectivity index (χ1) is 8.27. The molecule has 0 radical (unpaired) electrons. The van der Waals surface area contributed by atoms with Crippen LogP contribution in [0.4, 0.5) is 0 Å². The quantitative estimate of drug-likeness (QED) is 0.628. The van der Waals surface area contributed by atoms with E-state index >= 15 is 0 Å². The summed E-state index contributed by atoms with van der Waals surface area (Å²) in [5.74, 6) is 1.92. The molecule has 0 fully saturated rings. The van der Waals surface area contributed by atoms with E-state index in [1.54, 1.807) is 29.0 Å². The number of nitrogens with one attached hydrogen (secondary N) is 1. The zero-order valence-electron chi connectivity index (χ0n) is 9.96. The summed E-state index contributed by atoms with van der Waals surface area (Å²) < 4.78 is 7.10. The van der Waals surface area contributed by atoms with E-state index in [0.717, 1.165) is 23.2 Å². The van der Waals surface area contributed by atoms with Gasteiger partial charge in [0.05, 0.1) is 12.3 Å². The summed E-state index contributed by atoms with van der Waals surface area (Å²) in [5, 5.41) is 8.36. The summed E-state index contributed by atoms with van der Waals surface area (Å²) in [6.07, 6.45) is 3.27. The molecule has 1 N–H and O–H groups in total. The summed E-state index contributed by atoms with van der Waals surface area (Å²) in [7, 11) is 1.90. The molecule has 1 atom stereocenters. The highest BCUT2D eigenvalue weighted by atomic mass is 32.2. The number of hydrogen-bond acceptors (Lipinski definition) is 5. The first-order valence-corrected chi connectivity index (χ1v) is 6.49. The van der Waals surface area contributed by atoms with Crippen molar-refractivity contribution in [1.29, 1.82) is 0 Å². The van der Waals surface area contributed by atoms with E-state index < -0.39 is 0 Å². The molecule has 0 aromatic carbocycles. The molecule has 0 aliphatic carbocycles. The third-order valence-corrected chi connectivity index (χ3v) is 3.46. The van der Waals surface area contributed by atoms with Crippen LogP contribution < -0.4 is 5.32 Å². The Morgan fingerprint density at radius 3 is 3.12 bits per heavy atom. The van der Waals surface area contributed by atoms with Crippen LogP contribution in [0.25, 0.3) is 0 Å². The summed E-state index contributed by atoms with van der Waals surface area (Å²) in [4.78, 5) is 4.15. The Labute approximate surface area is 105 Å². The van der Waals surface area contributed by atoms with E-state index in [-0.39, 0.29) is 6.04 Å². The molecule has 0 amide bonds. The van der Waals surface area contributed by atoms with Gasteiger partial charge in [0.1, 0.15) is 12.1 Å². The van der Waals surface area contributed by atoms with Crippen molar-refractivity contribution in [2.75, 3.05) is 12.3 Å². The minimum absolute atomic E-state index is 0.241. The molecule has 1 unspecified atom stereocenters. The SMILES string of the molecule is CC(NCCSc1ncnn1C)c1ccco1. The highest BCUT2D eigenvalue weighted by Gasteiger charge is 2.07. The third kappa shape index (κ3) is 3.34. The van der Waals surface area contributed by atoms with Crippen molar-refractivity contribution in [1.82, 2.24) is 20.1 Å². The zero-order valence-corrected chi connectivity index (χ0v) is 10.8. The maximum Gasteiger partial charge on any atom is 0.185 e. The van der Waals surface area contributed by atoms with Crippen LogP contribution in [0.1, 0.15) is 18.7 Å². The molecule has 2 aromatic rings. The summed E-state index contributed by atoms with van der Waals surface area (Å²) >= 11 is 1.69. The van der Waals surface area contributed by atoms with E-state index in [2.05, 4.69) is 22.3 Å². The Hall–Kier alpha value is -1.27. The molecule has 6 heteroatoms. The molecule has 0 saturated carbocycles. The number of aryl methyl sites for hydroxylation is 1. The van der Waals surface area contributed by atoms with Crippen LogP contribution in [0.15, 0.2) is 34.3 Å². The fraction of sp³-hybridized carbons (Fsp3) is 0.455. The third-order valence-electron chi connectivity index (χ3n) is 2.42. The van der Waals surface area contributed by atoms with Crippen molar-refractivity contribution in [3.63, 3.8) is 0 Å². The topological polar surface area (TPSA) is 55.9 Å². The van der Waals surface area contributed by atoms with Gasteiger partial charge in [0.25, 0.3) is 0 Å². The lowest BCUT2D eigenvalue weighted by Crippen LogP contribution is -2.21. The van der Waals surface area contributed by atoms with Gasteiger partial charge in [0.2, 0.25) is 0 Å². The monoisotopic (exact) mass is 252 g/mol. The maximum atomic E-state index is 5.32. The van der Waals surface area contributed by atoms with Crippen molar-refractivity contribution in [2.24, 2.45) is 7.05 Å². The highest BCUT2D eigenvalue weighted by molar-refractivity contribution is 7.99. The van der Waals surface area contributed by atoms with Gasteiger partial charge in [-0.05, 0) is 19.1 Å². The minimum Gasteiger partial charge on any atom is -0.468 e. The number of thioether (sulfide) groups is 1. The van der Waals surface area contributed by atoms with Gasteiger partial charge in [0.15, 0.2) is 5.16 Å². The molecule has 92 valence electrons. The van der Waals surface area contributed by atoms with Crippen LogP contribution in [0.5, 0.6) is 0 Å². The predicted octanol–water partition coefficient (Wildman–Crippen LogP) is 1.85. The van der Waals surface area contributed by atoms with E-state index in [1.807, 2.05) is 19.2 Å². The first-order valence-electron chi connectivity index (χ1n) is 5.51. The average Bonchev–Trinajstić information content (AvgIpc) is 2.96. The van der Waals surface area contributed by atoms with Crippen LogP contribution in [0.3, 0.4) is 0 Å². The second kappa shape index (κ2) is 5.88. The summed E-state index contributed by atoms with van der Waals surface area (Å²) in [6, 6.07) is 4.13. The number of furan rings is 1. The van der Waals surface area contributed by atoms with Crippen molar-refractivity contribution in [2.45, 2.75) is 18.1 Å². The average molecular weight is 252 g/mol. The summed E-state index contributed by atoms with van der Waals surface area (Å²) in [5.41, 5.74) is 0. The molecule has 2 heterocycles. The predicted molar refractivity (Wildman–Crippen MR) is 66.9 cm³/mol. The number of rotatable bonds is 6. The normalized spacial score (nSPS) is 12.8. The molecule has 0 aliphatic rings. The molecule has 0 aliphatic heterocycles. The lowest BCUT2D eigenvalue weighted by atomic mass is 10.2. The lowest BCUT2D eigenvalue weighted by Gasteiger charge is -2.10. The Morgan fingerprint density at radius 2 is 2.47 bits per heavy atom. The van der Waals surface area contributed by atoms with E-state index in [0.29, 0.717) is 0 Å². The smallest absolute Gasteiger partial charge is 0.185 e. The van der Waals surface area contributed by atoms with Gasteiger partial charge < -0.3 is 9.73 Å². The highest BCUT2D eigenvalue weighted by Crippen LogP contribution is 2.14. The molecule has 2 aromatic heterocycles. The Balaban J connectivity index is 1.68. The molecule has 0 saturated heterocycles. The van der Waals surface area contributed by atoms with E-state index in [9.17, 15) is 0 Å². The Kier molecular flexibility index (Phi) is 4.22. The number of hydrogen-bond donors (Lipinski definition) is 1. The second-order valence-corrected chi connectivity index (χ2v) is 4.77. The van der Waals surface area contributed by atoms with Crippen LogP contribution >= 0.6 is 11.8 Å². The lowest BCUT2D eigenvalue weighted by molar-refractivity contribution is 0.438. The van der Waals surface area contributed by atoms with Gasteiger partial charge in [0, 0.05) is 19.3 Å². The van der Waals surface area contributed by atoms with Gasteiger partial charge in [-0.1, -0.05) is 11.8 Å². The molecular weight excluding hydrogens is 236 g/mol. The van der Waals surface area contributed by atoms with E-state index in [4.69, 9.17) is 4.42 Å². The van der Waals surface area contributed by atoms with Crippen molar-refractivity contribution in [3.05, 3.63) is 30.5 Å². The maximum absolute atomic E-state index is 5.32. The fourth-order valence-electron chi connectivity index (χ4n) is 1.47. The Bertz CT molecular complexity index is 440. The first kappa shape index (κ1) is 12.2. The van der Waals surface area contributed by atoms with Crippen LogP contribution in [-0.4, -0.2) is 27.1 Å². The second-order valence-electron chi connectivity index (χ2n) is 3.71.